The molecule has 6 nitrogen and oxygen atoms in total. The van der Waals surface area contributed by atoms with Gasteiger partial charge in [0.2, 0.25) is 0 Å². The van der Waals surface area contributed by atoms with Crippen molar-refractivity contribution < 1.29 is 9.90 Å². The standard InChI is InChI=1S/C10H6BrN3O3S/c11-7-8(15)13-4-14-9(7)18-5-1-2-12-6(3-5)10(16)17/h1-4H,(H,16,17)(H,13,14,15). The Balaban J connectivity index is 2.34. The number of hydrogen-bond acceptors (Lipinski definition) is 5. The summed E-state index contributed by atoms with van der Waals surface area (Å²) in [7, 11) is 0. The normalized spacial score (nSPS) is 10.3. The summed E-state index contributed by atoms with van der Waals surface area (Å²) in [5, 5.41) is 9.28. The van der Waals surface area contributed by atoms with E-state index in [0.717, 1.165) is 0 Å². The SMILES string of the molecule is O=C(O)c1cc(Sc2nc[nH]c(=O)c2Br)ccn1. The molecule has 0 atom stereocenters. The van der Waals surface area contributed by atoms with E-state index < -0.39 is 5.97 Å². The third-order valence-electron chi connectivity index (χ3n) is 1.93. The topological polar surface area (TPSA) is 95.9 Å². The van der Waals surface area contributed by atoms with Crippen LogP contribution in [0.1, 0.15) is 10.5 Å². The van der Waals surface area contributed by atoms with Gasteiger partial charge in [0, 0.05) is 11.1 Å². The third kappa shape index (κ3) is 2.77. The second-order valence-electron chi connectivity index (χ2n) is 3.13. The molecule has 0 amide bonds. The van der Waals surface area contributed by atoms with Gasteiger partial charge in [-0.3, -0.25) is 4.79 Å². The van der Waals surface area contributed by atoms with E-state index in [1.807, 2.05) is 0 Å². The summed E-state index contributed by atoms with van der Waals surface area (Å²) < 4.78 is 0.309. The highest BCUT2D eigenvalue weighted by Gasteiger charge is 2.10. The molecular weight excluding hydrogens is 322 g/mol. The largest absolute Gasteiger partial charge is 0.477 e. The lowest BCUT2D eigenvalue weighted by atomic mass is 10.3. The maximum Gasteiger partial charge on any atom is 0.354 e. The van der Waals surface area contributed by atoms with E-state index >= 15 is 0 Å². The molecule has 2 aromatic rings. The second-order valence-corrected chi connectivity index (χ2v) is 4.99. The third-order valence-corrected chi connectivity index (χ3v) is 3.92. The van der Waals surface area contributed by atoms with E-state index in [2.05, 4.69) is 30.9 Å². The van der Waals surface area contributed by atoms with E-state index in [4.69, 9.17) is 5.11 Å². The number of pyridine rings is 1. The zero-order valence-corrected chi connectivity index (χ0v) is 11.2. The first kappa shape index (κ1) is 12.8. The van der Waals surface area contributed by atoms with Gasteiger partial charge in [0.05, 0.1) is 6.33 Å². The van der Waals surface area contributed by atoms with Crippen molar-refractivity contribution in [3.8, 4) is 0 Å². The molecule has 0 saturated heterocycles. The molecule has 0 bridgehead atoms. The van der Waals surface area contributed by atoms with Crippen molar-refractivity contribution in [3.63, 3.8) is 0 Å². The van der Waals surface area contributed by atoms with Crippen LogP contribution < -0.4 is 5.56 Å². The zero-order valence-electron chi connectivity index (χ0n) is 8.75. The van der Waals surface area contributed by atoms with E-state index in [9.17, 15) is 9.59 Å². The Bertz CT molecular complexity index is 659. The Morgan fingerprint density at radius 1 is 1.44 bits per heavy atom. The Labute approximate surface area is 114 Å². The summed E-state index contributed by atoms with van der Waals surface area (Å²) >= 11 is 4.30. The first-order chi connectivity index (χ1) is 8.58. The van der Waals surface area contributed by atoms with Crippen LogP contribution in [0.4, 0.5) is 0 Å². The smallest absolute Gasteiger partial charge is 0.354 e. The number of hydrogen-bond donors (Lipinski definition) is 2. The first-order valence-corrected chi connectivity index (χ1v) is 6.29. The van der Waals surface area contributed by atoms with E-state index in [0.29, 0.717) is 14.4 Å². The van der Waals surface area contributed by atoms with Gasteiger partial charge in [-0.2, -0.15) is 0 Å². The van der Waals surface area contributed by atoms with Crippen LogP contribution in [-0.2, 0) is 0 Å². The van der Waals surface area contributed by atoms with Gasteiger partial charge < -0.3 is 10.1 Å². The summed E-state index contributed by atoms with van der Waals surface area (Å²) in [5.74, 6) is -1.10. The predicted molar refractivity (Wildman–Crippen MR) is 67.9 cm³/mol. The van der Waals surface area contributed by atoms with Crippen molar-refractivity contribution in [2.45, 2.75) is 9.92 Å². The van der Waals surface area contributed by atoms with E-state index in [1.165, 1.54) is 30.4 Å². The number of carbonyl (C=O) groups is 1. The van der Waals surface area contributed by atoms with Crippen molar-refractivity contribution in [1.29, 1.82) is 0 Å². The molecule has 2 heterocycles. The van der Waals surface area contributed by atoms with Crippen LogP contribution in [-0.4, -0.2) is 26.0 Å². The molecule has 0 saturated carbocycles. The molecule has 0 aromatic carbocycles. The lowest BCUT2D eigenvalue weighted by Crippen LogP contribution is -2.07. The Hall–Kier alpha value is -1.67. The van der Waals surface area contributed by atoms with Gasteiger partial charge in [0.1, 0.15) is 15.2 Å². The van der Waals surface area contributed by atoms with E-state index in [1.54, 1.807) is 6.07 Å². The quantitative estimate of drug-likeness (QED) is 0.834. The minimum absolute atomic E-state index is 0.0547. The predicted octanol–water partition coefficient (Wildman–Crippen LogP) is 1.78. The molecule has 0 unspecified atom stereocenters. The fraction of sp³-hybridized carbons (Fsp3) is 0. The molecule has 2 N–H and O–H groups in total. The monoisotopic (exact) mass is 327 g/mol. The maximum atomic E-state index is 11.3. The van der Waals surface area contributed by atoms with Crippen LogP contribution >= 0.6 is 27.7 Å². The first-order valence-electron chi connectivity index (χ1n) is 4.68. The molecule has 2 aromatic heterocycles. The van der Waals surface area contributed by atoms with Gasteiger partial charge in [-0.15, -0.1) is 0 Å². The number of carboxylic acids is 1. The highest BCUT2D eigenvalue weighted by molar-refractivity contribution is 9.10. The number of carboxylic acid groups (broad SMARTS) is 1. The summed E-state index contributed by atoms with van der Waals surface area (Å²) in [6, 6.07) is 3.06. The highest BCUT2D eigenvalue weighted by atomic mass is 79.9. The van der Waals surface area contributed by atoms with Crippen LogP contribution in [0.3, 0.4) is 0 Å². The van der Waals surface area contributed by atoms with Crippen molar-refractivity contribution >= 4 is 33.7 Å². The van der Waals surface area contributed by atoms with E-state index in [-0.39, 0.29) is 11.3 Å². The van der Waals surface area contributed by atoms with Crippen molar-refractivity contribution in [2.75, 3.05) is 0 Å². The summed E-state index contributed by atoms with van der Waals surface area (Å²) in [6.45, 7) is 0. The lowest BCUT2D eigenvalue weighted by Gasteiger charge is -2.02. The van der Waals surface area contributed by atoms with Crippen LogP contribution in [0.25, 0.3) is 0 Å². The van der Waals surface area contributed by atoms with Crippen LogP contribution in [0.5, 0.6) is 0 Å². The number of rotatable bonds is 3. The van der Waals surface area contributed by atoms with Gasteiger partial charge in [-0.05, 0) is 28.1 Å². The average Bonchev–Trinajstić information content (AvgIpc) is 2.35. The average molecular weight is 328 g/mol. The molecule has 0 aliphatic carbocycles. The molecule has 92 valence electrons. The molecule has 0 aliphatic rings. The number of aromatic amines is 1. The number of nitrogens with one attached hydrogen (secondary N) is 1. The lowest BCUT2D eigenvalue weighted by molar-refractivity contribution is 0.0690. The van der Waals surface area contributed by atoms with Crippen molar-refractivity contribution in [2.24, 2.45) is 0 Å². The summed E-state index contributed by atoms with van der Waals surface area (Å²) in [4.78, 5) is 32.9. The molecular formula is C10H6BrN3O3S. The van der Waals surface area contributed by atoms with Crippen LogP contribution in [0, 0.1) is 0 Å². The van der Waals surface area contributed by atoms with Gasteiger partial charge >= 0.3 is 5.97 Å². The number of halogens is 1. The van der Waals surface area contributed by atoms with Crippen LogP contribution in [0.2, 0.25) is 0 Å². The molecule has 0 aliphatic heterocycles. The van der Waals surface area contributed by atoms with Crippen LogP contribution in [0.15, 0.2) is 43.8 Å². The molecule has 0 fully saturated rings. The molecule has 8 heteroatoms. The second kappa shape index (κ2) is 5.32. The number of aromatic nitrogens is 3. The molecule has 0 spiro atoms. The van der Waals surface area contributed by atoms with Crippen molar-refractivity contribution in [3.05, 3.63) is 45.2 Å². The Morgan fingerprint density at radius 2 is 2.22 bits per heavy atom. The number of nitrogens with zero attached hydrogens (tertiary/aromatic N) is 2. The van der Waals surface area contributed by atoms with Gasteiger partial charge in [-0.25, -0.2) is 14.8 Å². The minimum Gasteiger partial charge on any atom is -0.477 e. The Morgan fingerprint density at radius 3 is 2.94 bits per heavy atom. The molecule has 18 heavy (non-hydrogen) atoms. The highest BCUT2D eigenvalue weighted by Crippen LogP contribution is 2.29. The van der Waals surface area contributed by atoms with Gasteiger partial charge in [-0.1, -0.05) is 11.8 Å². The maximum absolute atomic E-state index is 11.3. The van der Waals surface area contributed by atoms with Gasteiger partial charge in [0.15, 0.2) is 0 Å². The fourth-order valence-corrected chi connectivity index (χ4v) is 2.41. The molecule has 0 radical (unpaired) electrons. The Kier molecular flexibility index (Phi) is 3.78. The molecule has 2 rings (SSSR count). The minimum atomic E-state index is -1.10. The number of aromatic carboxylic acids is 1. The number of H-pyrrole nitrogens is 1. The summed E-state index contributed by atoms with van der Waals surface area (Å²) in [5.41, 5.74) is -0.346. The fourth-order valence-electron chi connectivity index (χ4n) is 1.14. The summed E-state index contributed by atoms with van der Waals surface area (Å²) in [6.07, 6.45) is 2.68. The van der Waals surface area contributed by atoms with Gasteiger partial charge in [0.25, 0.3) is 5.56 Å². The van der Waals surface area contributed by atoms with Crippen molar-refractivity contribution in [1.82, 2.24) is 15.0 Å². The zero-order chi connectivity index (χ0) is 13.1.